The number of benzene rings is 1. The molecule has 0 bridgehead atoms. The van der Waals surface area contributed by atoms with Crippen LogP contribution in [-0.4, -0.2) is 38.7 Å². The topological polar surface area (TPSA) is 55.8 Å². The first-order chi connectivity index (χ1) is 14.4. The molecule has 0 fully saturated rings. The number of carbonyl (C=O) groups excluding carboxylic acids is 2. The van der Waals surface area contributed by atoms with Gasteiger partial charge in [0.1, 0.15) is 6.29 Å². The van der Waals surface area contributed by atoms with E-state index in [1.807, 2.05) is 50.3 Å². The molecule has 172 valence electrons. The summed E-state index contributed by atoms with van der Waals surface area (Å²) in [7, 11) is -0.655. The van der Waals surface area contributed by atoms with Crippen LogP contribution in [0.25, 0.3) is 0 Å². The van der Waals surface area contributed by atoms with E-state index in [2.05, 4.69) is 33.9 Å². The van der Waals surface area contributed by atoms with E-state index in [4.69, 9.17) is 9.16 Å². The number of amides is 1. The summed E-state index contributed by atoms with van der Waals surface area (Å²) < 4.78 is 11.8. The predicted molar refractivity (Wildman–Crippen MR) is 127 cm³/mol. The predicted octanol–water partition coefficient (Wildman–Crippen LogP) is 6.16. The summed E-state index contributed by atoms with van der Waals surface area (Å²) in [5.74, 6) is 0.945. The lowest BCUT2D eigenvalue weighted by Gasteiger charge is -2.47. The van der Waals surface area contributed by atoms with Crippen LogP contribution in [0.3, 0.4) is 0 Å². The van der Waals surface area contributed by atoms with E-state index in [1.54, 1.807) is 4.90 Å². The molecule has 1 amide bonds. The number of methoxy groups -OCH3 is 1. The van der Waals surface area contributed by atoms with Crippen molar-refractivity contribution in [3.05, 3.63) is 47.7 Å². The Morgan fingerprint density at radius 1 is 1.26 bits per heavy atom. The van der Waals surface area contributed by atoms with Gasteiger partial charge in [0.15, 0.2) is 0 Å². The third kappa shape index (κ3) is 5.40. The molecule has 5 nitrogen and oxygen atoms in total. The molecule has 2 atom stereocenters. The van der Waals surface area contributed by atoms with Crippen molar-refractivity contribution < 1.29 is 18.8 Å². The Balaban J connectivity index is 2.54. The van der Waals surface area contributed by atoms with E-state index in [-0.39, 0.29) is 11.0 Å². The Kier molecular flexibility index (Phi) is 7.79. The summed E-state index contributed by atoms with van der Waals surface area (Å²) in [5.41, 5.74) is 0.297. The fraction of sp³-hybridized carbons (Fsp3) is 0.600. The van der Waals surface area contributed by atoms with Crippen LogP contribution in [0.15, 0.2) is 42.2 Å². The standard InChI is InChI=1S/C25H39NO4Si/c1-19(2)25(18-27)15-14-21(30-31(7,8)24(3,4)5)16-22(25)26(23(28)29-6)17-20-12-10-9-11-13-20/h9-13,16,18-19,22H,14-15,17H2,1-8H3/t22-,25-/m0/s1. The van der Waals surface area contributed by atoms with Crippen LogP contribution >= 0.6 is 0 Å². The van der Waals surface area contributed by atoms with E-state index < -0.39 is 25.9 Å². The molecule has 1 aliphatic carbocycles. The molecule has 1 aromatic rings. The number of carbonyl (C=O) groups is 2. The van der Waals surface area contributed by atoms with Crippen molar-refractivity contribution in [1.29, 1.82) is 0 Å². The maximum Gasteiger partial charge on any atom is 0.410 e. The van der Waals surface area contributed by atoms with Crippen LogP contribution in [0.2, 0.25) is 18.1 Å². The molecule has 0 radical (unpaired) electrons. The number of ether oxygens (including phenoxy) is 1. The van der Waals surface area contributed by atoms with Crippen molar-refractivity contribution in [3.8, 4) is 0 Å². The van der Waals surface area contributed by atoms with Gasteiger partial charge in [-0.1, -0.05) is 65.0 Å². The van der Waals surface area contributed by atoms with Crippen LogP contribution in [-0.2, 0) is 20.5 Å². The molecule has 0 saturated heterocycles. The van der Waals surface area contributed by atoms with Gasteiger partial charge in [-0.3, -0.25) is 4.90 Å². The van der Waals surface area contributed by atoms with Crippen LogP contribution in [0, 0.1) is 11.3 Å². The maximum atomic E-state index is 12.9. The van der Waals surface area contributed by atoms with Gasteiger partial charge in [-0.15, -0.1) is 0 Å². The molecule has 0 spiro atoms. The Morgan fingerprint density at radius 3 is 2.35 bits per heavy atom. The average molecular weight is 446 g/mol. The van der Waals surface area contributed by atoms with Gasteiger partial charge in [0.2, 0.25) is 8.32 Å². The highest BCUT2D eigenvalue weighted by Gasteiger charge is 2.49. The first-order valence-corrected chi connectivity index (χ1v) is 14.0. The fourth-order valence-electron chi connectivity index (χ4n) is 3.92. The molecular formula is C25H39NO4Si. The SMILES string of the molecule is COC(=O)N(Cc1ccccc1)[C@H]1C=C(O[Si](C)(C)C(C)(C)C)CC[C@]1(C=O)C(C)C. The second kappa shape index (κ2) is 9.59. The summed E-state index contributed by atoms with van der Waals surface area (Å²) in [5, 5.41) is 0.0622. The molecule has 31 heavy (non-hydrogen) atoms. The van der Waals surface area contributed by atoms with E-state index in [9.17, 15) is 9.59 Å². The minimum atomic E-state index is -2.04. The van der Waals surface area contributed by atoms with Crippen molar-refractivity contribution in [3.63, 3.8) is 0 Å². The highest BCUT2D eigenvalue weighted by atomic mass is 28.4. The van der Waals surface area contributed by atoms with Crippen LogP contribution in [0.4, 0.5) is 4.79 Å². The van der Waals surface area contributed by atoms with E-state index in [1.165, 1.54) is 7.11 Å². The molecule has 0 aromatic heterocycles. The summed E-state index contributed by atoms with van der Waals surface area (Å²) >= 11 is 0. The molecule has 2 rings (SSSR count). The van der Waals surface area contributed by atoms with Gasteiger partial charge in [0.05, 0.1) is 24.3 Å². The lowest BCUT2D eigenvalue weighted by atomic mass is 9.66. The molecule has 0 unspecified atom stereocenters. The van der Waals surface area contributed by atoms with Gasteiger partial charge in [-0.2, -0.15) is 0 Å². The molecule has 1 aromatic carbocycles. The van der Waals surface area contributed by atoms with Crippen molar-refractivity contribution in [1.82, 2.24) is 4.90 Å². The third-order valence-electron chi connectivity index (χ3n) is 7.13. The van der Waals surface area contributed by atoms with Gasteiger partial charge >= 0.3 is 6.09 Å². The van der Waals surface area contributed by atoms with Crippen LogP contribution < -0.4 is 0 Å². The third-order valence-corrected chi connectivity index (χ3v) is 11.5. The first-order valence-electron chi connectivity index (χ1n) is 11.1. The first kappa shape index (κ1) is 25.2. The van der Waals surface area contributed by atoms with E-state index >= 15 is 0 Å². The van der Waals surface area contributed by atoms with Gasteiger partial charge in [-0.05, 0) is 42.1 Å². The molecule has 0 aliphatic heterocycles. The summed E-state index contributed by atoms with van der Waals surface area (Å²) in [6.07, 6.45) is 3.95. The number of hydrogen-bond donors (Lipinski definition) is 0. The zero-order valence-electron chi connectivity index (χ0n) is 20.4. The van der Waals surface area contributed by atoms with Crippen molar-refractivity contribution in [2.24, 2.45) is 11.3 Å². The molecule has 1 aliphatic rings. The largest absolute Gasteiger partial charge is 0.547 e. The Morgan fingerprint density at radius 2 is 1.87 bits per heavy atom. The fourth-order valence-corrected chi connectivity index (χ4v) is 5.05. The minimum absolute atomic E-state index is 0.0589. The van der Waals surface area contributed by atoms with Crippen LogP contribution in [0.1, 0.15) is 53.0 Å². The van der Waals surface area contributed by atoms with Gasteiger partial charge in [-0.25, -0.2) is 4.79 Å². The van der Waals surface area contributed by atoms with Gasteiger partial charge in [0.25, 0.3) is 0 Å². The monoisotopic (exact) mass is 445 g/mol. The van der Waals surface area contributed by atoms with E-state index in [0.717, 1.165) is 17.6 Å². The van der Waals surface area contributed by atoms with E-state index in [0.29, 0.717) is 19.4 Å². The van der Waals surface area contributed by atoms with Gasteiger partial charge in [0, 0.05) is 13.0 Å². The maximum absolute atomic E-state index is 12.9. The lowest BCUT2D eigenvalue weighted by Crippen LogP contribution is -2.54. The average Bonchev–Trinajstić information content (AvgIpc) is 2.71. The minimum Gasteiger partial charge on any atom is -0.547 e. The summed E-state index contributed by atoms with van der Waals surface area (Å²) in [6, 6.07) is 9.36. The number of rotatable bonds is 7. The number of hydrogen-bond acceptors (Lipinski definition) is 4. The highest BCUT2D eigenvalue weighted by Crippen LogP contribution is 2.46. The van der Waals surface area contributed by atoms with Crippen molar-refractivity contribution in [2.75, 3.05) is 7.11 Å². The second-order valence-corrected chi connectivity index (χ2v) is 15.1. The molecule has 0 saturated carbocycles. The summed E-state index contributed by atoms with van der Waals surface area (Å²) in [6.45, 7) is 15.5. The lowest BCUT2D eigenvalue weighted by molar-refractivity contribution is -0.123. The number of nitrogens with zero attached hydrogens (tertiary/aromatic N) is 1. The molecule has 6 heteroatoms. The molecule has 0 N–H and O–H groups in total. The van der Waals surface area contributed by atoms with Crippen molar-refractivity contribution in [2.45, 2.75) is 78.2 Å². The number of allylic oxidation sites excluding steroid dienone is 1. The second-order valence-electron chi connectivity index (χ2n) is 10.4. The molecular weight excluding hydrogens is 406 g/mol. The quantitative estimate of drug-likeness (QED) is 0.372. The van der Waals surface area contributed by atoms with Crippen molar-refractivity contribution >= 4 is 20.7 Å². The smallest absolute Gasteiger partial charge is 0.410 e. The Bertz CT molecular complexity index is 797. The molecule has 0 heterocycles. The normalized spacial score (nSPS) is 22.0. The Hall–Kier alpha value is -2.08. The zero-order chi connectivity index (χ0) is 23.4. The van der Waals surface area contributed by atoms with Crippen LogP contribution in [0.5, 0.6) is 0 Å². The zero-order valence-corrected chi connectivity index (χ0v) is 21.4. The van der Waals surface area contributed by atoms with Gasteiger partial charge < -0.3 is 14.0 Å². The summed E-state index contributed by atoms with van der Waals surface area (Å²) in [4.78, 5) is 27.1. The number of aldehydes is 1. The highest BCUT2D eigenvalue weighted by molar-refractivity contribution is 6.74. The Labute approximate surface area is 188 Å².